The summed E-state index contributed by atoms with van der Waals surface area (Å²) in [5, 5.41) is 12.1. The van der Waals surface area contributed by atoms with Gasteiger partial charge < -0.3 is 15.2 Å². The standard InChI is InChI=1S/C11H25NO2/c1-3-4-7-14-8-5-6-12-9-11(2)10-13/h11-13H,3-10H2,1-2H3. The third-order valence-electron chi connectivity index (χ3n) is 2.09. The second kappa shape index (κ2) is 11.0. The number of rotatable bonds is 10. The zero-order valence-electron chi connectivity index (χ0n) is 9.59. The summed E-state index contributed by atoms with van der Waals surface area (Å²) < 4.78 is 5.42. The summed E-state index contributed by atoms with van der Waals surface area (Å²) in [5.74, 6) is 0.357. The Bertz CT molecular complexity index is 109. The maximum absolute atomic E-state index is 8.77. The van der Waals surface area contributed by atoms with E-state index < -0.39 is 0 Å². The Morgan fingerprint density at radius 2 is 2.00 bits per heavy atom. The van der Waals surface area contributed by atoms with Crippen LogP contribution in [-0.4, -0.2) is 38.0 Å². The molecule has 0 saturated carbocycles. The minimum Gasteiger partial charge on any atom is -0.396 e. The van der Waals surface area contributed by atoms with Gasteiger partial charge in [0.15, 0.2) is 0 Å². The molecule has 0 saturated heterocycles. The van der Waals surface area contributed by atoms with Gasteiger partial charge in [-0.25, -0.2) is 0 Å². The Morgan fingerprint density at radius 1 is 1.29 bits per heavy atom. The molecule has 0 radical (unpaired) electrons. The molecule has 0 amide bonds. The van der Waals surface area contributed by atoms with Gasteiger partial charge in [-0.3, -0.25) is 0 Å². The summed E-state index contributed by atoms with van der Waals surface area (Å²) >= 11 is 0. The van der Waals surface area contributed by atoms with Crippen molar-refractivity contribution in [1.82, 2.24) is 5.32 Å². The van der Waals surface area contributed by atoms with Crippen molar-refractivity contribution in [3.8, 4) is 0 Å². The van der Waals surface area contributed by atoms with Crippen molar-refractivity contribution in [3.05, 3.63) is 0 Å². The third kappa shape index (κ3) is 9.96. The van der Waals surface area contributed by atoms with Gasteiger partial charge in [0, 0.05) is 19.8 Å². The predicted octanol–water partition coefficient (Wildman–Crippen LogP) is 1.41. The lowest BCUT2D eigenvalue weighted by molar-refractivity contribution is 0.128. The molecule has 0 aromatic rings. The van der Waals surface area contributed by atoms with Gasteiger partial charge in [0.05, 0.1) is 0 Å². The average Bonchev–Trinajstić information content (AvgIpc) is 2.21. The summed E-state index contributed by atoms with van der Waals surface area (Å²) in [6.45, 7) is 8.08. The lowest BCUT2D eigenvalue weighted by atomic mass is 10.2. The molecule has 3 heteroatoms. The van der Waals surface area contributed by atoms with Crippen LogP contribution >= 0.6 is 0 Å². The number of unbranched alkanes of at least 4 members (excludes halogenated alkanes) is 1. The molecule has 0 rings (SSSR count). The second-order valence-electron chi connectivity index (χ2n) is 3.81. The van der Waals surface area contributed by atoms with Crippen LogP contribution in [-0.2, 0) is 4.74 Å². The molecule has 14 heavy (non-hydrogen) atoms. The van der Waals surface area contributed by atoms with Crippen molar-refractivity contribution in [2.75, 3.05) is 32.9 Å². The van der Waals surface area contributed by atoms with E-state index in [0.717, 1.165) is 39.1 Å². The van der Waals surface area contributed by atoms with Crippen LogP contribution < -0.4 is 5.32 Å². The maximum Gasteiger partial charge on any atom is 0.0478 e. The first-order valence-electron chi connectivity index (χ1n) is 5.70. The molecule has 86 valence electrons. The van der Waals surface area contributed by atoms with Crippen LogP contribution in [0.2, 0.25) is 0 Å². The molecule has 0 heterocycles. The number of nitrogens with one attached hydrogen (secondary N) is 1. The van der Waals surface area contributed by atoms with Crippen molar-refractivity contribution in [3.63, 3.8) is 0 Å². The topological polar surface area (TPSA) is 41.5 Å². The number of aliphatic hydroxyl groups excluding tert-OH is 1. The molecular weight excluding hydrogens is 178 g/mol. The van der Waals surface area contributed by atoms with E-state index in [1.807, 2.05) is 6.92 Å². The highest BCUT2D eigenvalue weighted by atomic mass is 16.5. The average molecular weight is 203 g/mol. The number of hydrogen-bond donors (Lipinski definition) is 2. The lowest BCUT2D eigenvalue weighted by Gasteiger charge is -2.09. The molecule has 0 aromatic carbocycles. The van der Waals surface area contributed by atoms with Gasteiger partial charge in [-0.15, -0.1) is 0 Å². The summed E-state index contributed by atoms with van der Waals surface area (Å²) in [5.41, 5.74) is 0. The zero-order chi connectivity index (χ0) is 10.6. The summed E-state index contributed by atoms with van der Waals surface area (Å²) in [7, 11) is 0. The summed E-state index contributed by atoms with van der Waals surface area (Å²) in [6.07, 6.45) is 3.42. The van der Waals surface area contributed by atoms with Crippen molar-refractivity contribution in [1.29, 1.82) is 0 Å². The highest BCUT2D eigenvalue weighted by molar-refractivity contribution is 4.54. The first kappa shape index (κ1) is 13.9. The van der Waals surface area contributed by atoms with Gasteiger partial charge in [0.25, 0.3) is 0 Å². The van der Waals surface area contributed by atoms with Crippen LogP contribution in [0, 0.1) is 5.92 Å². The molecule has 0 bridgehead atoms. The number of ether oxygens (including phenoxy) is 1. The molecular formula is C11H25NO2. The normalized spacial score (nSPS) is 13.1. The largest absolute Gasteiger partial charge is 0.396 e. The van der Waals surface area contributed by atoms with Gasteiger partial charge in [0.2, 0.25) is 0 Å². The monoisotopic (exact) mass is 203 g/mol. The molecule has 3 nitrogen and oxygen atoms in total. The molecule has 0 aliphatic rings. The van der Waals surface area contributed by atoms with Crippen LogP contribution in [0.4, 0.5) is 0 Å². The SMILES string of the molecule is CCCCOCCCNCC(C)CO. The van der Waals surface area contributed by atoms with Crippen molar-refractivity contribution >= 4 is 0 Å². The Labute approximate surface area is 87.8 Å². The lowest BCUT2D eigenvalue weighted by Crippen LogP contribution is -2.24. The van der Waals surface area contributed by atoms with Gasteiger partial charge in [-0.2, -0.15) is 0 Å². The molecule has 1 atom stereocenters. The molecule has 0 aliphatic carbocycles. The van der Waals surface area contributed by atoms with Gasteiger partial charge in [-0.05, 0) is 31.8 Å². The Morgan fingerprint density at radius 3 is 2.64 bits per heavy atom. The molecule has 0 spiro atoms. The fourth-order valence-corrected chi connectivity index (χ4v) is 1.06. The number of hydrogen-bond acceptors (Lipinski definition) is 3. The van der Waals surface area contributed by atoms with Crippen LogP contribution in [0.1, 0.15) is 33.1 Å². The molecule has 1 unspecified atom stereocenters. The van der Waals surface area contributed by atoms with E-state index in [-0.39, 0.29) is 6.61 Å². The third-order valence-corrected chi connectivity index (χ3v) is 2.09. The van der Waals surface area contributed by atoms with Crippen LogP contribution in [0.5, 0.6) is 0 Å². The fraction of sp³-hybridized carbons (Fsp3) is 1.00. The van der Waals surface area contributed by atoms with E-state index in [1.54, 1.807) is 0 Å². The van der Waals surface area contributed by atoms with Crippen LogP contribution in [0.3, 0.4) is 0 Å². The quantitative estimate of drug-likeness (QED) is 0.528. The first-order chi connectivity index (χ1) is 6.81. The molecule has 0 aromatic heterocycles. The van der Waals surface area contributed by atoms with Gasteiger partial charge in [0.1, 0.15) is 0 Å². The Kier molecular flexibility index (Phi) is 10.9. The van der Waals surface area contributed by atoms with Gasteiger partial charge >= 0.3 is 0 Å². The molecule has 0 aliphatic heterocycles. The van der Waals surface area contributed by atoms with E-state index >= 15 is 0 Å². The van der Waals surface area contributed by atoms with Crippen LogP contribution in [0.15, 0.2) is 0 Å². The van der Waals surface area contributed by atoms with Gasteiger partial charge in [-0.1, -0.05) is 20.3 Å². The van der Waals surface area contributed by atoms with E-state index in [0.29, 0.717) is 5.92 Å². The van der Waals surface area contributed by atoms with E-state index in [1.165, 1.54) is 6.42 Å². The van der Waals surface area contributed by atoms with Crippen molar-refractivity contribution in [2.45, 2.75) is 33.1 Å². The molecule has 0 fully saturated rings. The van der Waals surface area contributed by atoms with Crippen molar-refractivity contribution < 1.29 is 9.84 Å². The summed E-state index contributed by atoms with van der Waals surface area (Å²) in [6, 6.07) is 0. The zero-order valence-corrected chi connectivity index (χ0v) is 9.59. The fourth-order valence-electron chi connectivity index (χ4n) is 1.06. The van der Waals surface area contributed by atoms with Crippen molar-refractivity contribution in [2.24, 2.45) is 5.92 Å². The number of aliphatic hydroxyl groups is 1. The Balaban J connectivity index is 2.92. The minimum atomic E-state index is 0.264. The van der Waals surface area contributed by atoms with E-state index in [2.05, 4.69) is 12.2 Å². The van der Waals surface area contributed by atoms with Crippen LogP contribution in [0.25, 0.3) is 0 Å². The second-order valence-corrected chi connectivity index (χ2v) is 3.81. The smallest absolute Gasteiger partial charge is 0.0478 e. The molecule has 2 N–H and O–H groups in total. The summed E-state index contributed by atoms with van der Waals surface area (Å²) in [4.78, 5) is 0. The Hall–Kier alpha value is -0.120. The predicted molar refractivity (Wildman–Crippen MR) is 59.5 cm³/mol. The first-order valence-corrected chi connectivity index (χ1v) is 5.70. The highest BCUT2D eigenvalue weighted by Crippen LogP contribution is 1.91. The van der Waals surface area contributed by atoms with E-state index in [9.17, 15) is 0 Å². The van der Waals surface area contributed by atoms with E-state index in [4.69, 9.17) is 9.84 Å². The maximum atomic E-state index is 8.77. The minimum absolute atomic E-state index is 0.264. The highest BCUT2D eigenvalue weighted by Gasteiger charge is 1.97.